The minimum atomic E-state index is -3.67. The van der Waals surface area contributed by atoms with Crippen LogP contribution in [-0.2, 0) is 10.1 Å². The van der Waals surface area contributed by atoms with E-state index in [9.17, 15) is 8.42 Å². The second-order valence-electron chi connectivity index (χ2n) is 3.13. The van der Waals surface area contributed by atoms with Crippen molar-refractivity contribution in [1.29, 1.82) is 0 Å². The maximum absolute atomic E-state index is 9.19. The third kappa shape index (κ3) is 75.2. The van der Waals surface area contributed by atoms with E-state index in [0.717, 1.165) is 0 Å². The van der Waals surface area contributed by atoms with Crippen LogP contribution in [0.25, 0.3) is 0 Å². The van der Waals surface area contributed by atoms with Crippen molar-refractivity contribution < 1.29 is 13.0 Å². The Kier molecular flexibility index (Phi) is 5.68. The van der Waals surface area contributed by atoms with Crippen LogP contribution >= 0.6 is 0 Å². The molecule has 0 atom stereocenters. The van der Waals surface area contributed by atoms with Gasteiger partial charge in [-0.2, -0.15) is 8.42 Å². The van der Waals surface area contributed by atoms with E-state index in [-0.39, 0.29) is 5.54 Å². The van der Waals surface area contributed by atoms with Gasteiger partial charge < -0.3 is 0 Å². The molecule has 0 amide bonds. The van der Waals surface area contributed by atoms with Gasteiger partial charge in [0.1, 0.15) is 0 Å². The van der Waals surface area contributed by atoms with Crippen molar-refractivity contribution >= 4 is 10.1 Å². The Morgan fingerprint density at radius 3 is 1.45 bits per heavy atom. The van der Waals surface area contributed by atoms with Crippen LogP contribution in [-0.4, -0.2) is 24.8 Å². The third-order valence-electron chi connectivity index (χ3n) is 0.433. The quantitative estimate of drug-likeness (QED) is 0.274. The predicted octanol–water partition coefficient (Wildman–Crippen LogP) is -0.248. The molecule has 0 aliphatic carbocycles. The lowest BCUT2D eigenvalue weighted by atomic mass is 10.1. The molecule has 0 heterocycles. The van der Waals surface area contributed by atoms with E-state index in [1.54, 1.807) is 0 Å². The van der Waals surface area contributed by atoms with Gasteiger partial charge in [-0.05, 0) is 20.8 Å². The van der Waals surface area contributed by atoms with Crippen LogP contribution in [0.15, 0.2) is 0 Å². The molecule has 0 aromatic heterocycles. The monoisotopic (exact) mass is 184 g/mol. The molecule has 0 aromatic carbocycles. The van der Waals surface area contributed by atoms with Crippen molar-refractivity contribution in [2.45, 2.75) is 26.3 Å². The zero-order chi connectivity index (χ0) is 9.71. The first-order chi connectivity index (χ1) is 4.56. The normalized spacial score (nSPS) is 11.8. The zero-order valence-corrected chi connectivity index (χ0v) is 8.07. The van der Waals surface area contributed by atoms with Gasteiger partial charge in [-0.15, -0.1) is 0 Å². The Labute approximate surface area is 67.7 Å². The lowest BCUT2D eigenvalue weighted by Crippen LogP contribution is -2.41. The maximum Gasteiger partial charge on any atom is 0.261 e. The van der Waals surface area contributed by atoms with E-state index in [0.29, 0.717) is 6.26 Å². The Balaban J connectivity index is 0. The molecular formula is C5H16N2O3S. The average Bonchev–Trinajstić information content (AvgIpc) is 1.59. The molecule has 0 saturated carbocycles. The molecule has 0 spiro atoms. The van der Waals surface area contributed by atoms with Crippen molar-refractivity contribution in [3.8, 4) is 0 Å². The van der Waals surface area contributed by atoms with Crippen molar-refractivity contribution in [2.24, 2.45) is 5.84 Å². The fourth-order valence-corrected chi connectivity index (χ4v) is 0. The van der Waals surface area contributed by atoms with Gasteiger partial charge in [0.05, 0.1) is 6.26 Å². The Morgan fingerprint density at radius 1 is 1.36 bits per heavy atom. The summed E-state index contributed by atoms with van der Waals surface area (Å²) in [5.74, 6) is 5.06. The highest BCUT2D eigenvalue weighted by Crippen LogP contribution is 1.92. The first-order valence-electron chi connectivity index (χ1n) is 2.96. The molecule has 0 fully saturated rings. The van der Waals surface area contributed by atoms with Gasteiger partial charge in [0, 0.05) is 5.54 Å². The number of nitrogens with two attached hydrogens (primary N) is 1. The van der Waals surface area contributed by atoms with Gasteiger partial charge in [0.15, 0.2) is 0 Å². The van der Waals surface area contributed by atoms with Crippen LogP contribution in [0.5, 0.6) is 0 Å². The summed E-state index contributed by atoms with van der Waals surface area (Å²) in [5, 5.41) is 0. The molecule has 0 bridgehead atoms. The van der Waals surface area contributed by atoms with Crippen LogP contribution in [0.3, 0.4) is 0 Å². The third-order valence-corrected chi connectivity index (χ3v) is 0.433. The molecule has 5 nitrogen and oxygen atoms in total. The predicted molar refractivity (Wildman–Crippen MR) is 44.5 cm³/mol. The van der Waals surface area contributed by atoms with E-state index in [1.807, 2.05) is 20.8 Å². The summed E-state index contributed by atoms with van der Waals surface area (Å²) < 4.78 is 25.9. The Bertz CT molecular complexity index is 172. The number of hydrazine groups is 1. The molecule has 4 N–H and O–H groups in total. The molecular weight excluding hydrogens is 168 g/mol. The van der Waals surface area contributed by atoms with E-state index in [1.165, 1.54) is 0 Å². The van der Waals surface area contributed by atoms with Gasteiger partial charge in [-0.25, -0.2) is 0 Å². The van der Waals surface area contributed by atoms with Crippen LogP contribution in [0.2, 0.25) is 0 Å². The average molecular weight is 184 g/mol. The number of rotatable bonds is 0. The first kappa shape index (κ1) is 13.4. The summed E-state index contributed by atoms with van der Waals surface area (Å²) >= 11 is 0. The van der Waals surface area contributed by atoms with Crippen LogP contribution in [0.4, 0.5) is 0 Å². The molecule has 0 unspecified atom stereocenters. The minimum absolute atomic E-state index is 0.0694. The highest BCUT2D eigenvalue weighted by Gasteiger charge is 2.02. The van der Waals surface area contributed by atoms with Crippen molar-refractivity contribution in [3.63, 3.8) is 0 Å². The molecule has 6 heteroatoms. The van der Waals surface area contributed by atoms with Gasteiger partial charge in [0.25, 0.3) is 10.1 Å². The summed E-state index contributed by atoms with van der Waals surface area (Å²) in [7, 11) is -3.67. The number of nitrogens with one attached hydrogen (secondary N) is 1. The van der Waals surface area contributed by atoms with Gasteiger partial charge >= 0.3 is 0 Å². The highest BCUT2D eigenvalue weighted by molar-refractivity contribution is 7.85. The topological polar surface area (TPSA) is 92.4 Å². The fraction of sp³-hybridized carbons (Fsp3) is 1.00. The Hall–Kier alpha value is -0.170. The lowest BCUT2D eigenvalue weighted by Gasteiger charge is -2.14. The SMILES string of the molecule is CC(C)(C)NN.CS(=O)(=O)O. The summed E-state index contributed by atoms with van der Waals surface area (Å²) in [6.07, 6.45) is 0.715. The van der Waals surface area contributed by atoms with E-state index >= 15 is 0 Å². The van der Waals surface area contributed by atoms with Gasteiger partial charge in [-0.1, -0.05) is 0 Å². The molecule has 0 aliphatic heterocycles. The van der Waals surface area contributed by atoms with Crippen molar-refractivity contribution in [2.75, 3.05) is 6.26 Å². The maximum atomic E-state index is 9.19. The summed E-state index contributed by atoms with van der Waals surface area (Å²) in [4.78, 5) is 0. The van der Waals surface area contributed by atoms with Crippen molar-refractivity contribution in [3.05, 3.63) is 0 Å². The van der Waals surface area contributed by atoms with E-state index in [4.69, 9.17) is 10.4 Å². The minimum Gasteiger partial charge on any atom is -0.286 e. The number of hydrogen-bond acceptors (Lipinski definition) is 4. The smallest absolute Gasteiger partial charge is 0.261 e. The van der Waals surface area contributed by atoms with Gasteiger partial charge in [0.2, 0.25) is 0 Å². The lowest BCUT2D eigenvalue weighted by molar-refractivity contribution is 0.438. The second-order valence-corrected chi connectivity index (χ2v) is 4.59. The molecule has 0 rings (SSSR count). The second kappa shape index (κ2) is 4.66. The van der Waals surface area contributed by atoms with Crippen LogP contribution in [0, 0.1) is 0 Å². The zero-order valence-electron chi connectivity index (χ0n) is 7.25. The molecule has 11 heavy (non-hydrogen) atoms. The Morgan fingerprint density at radius 2 is 1.45 bits per heavy atom. The summed E-state index contributed by atoms with van der Waals surface area (Å²) in [5.41, 5.74) is 2.67. The van der Waals surface area contributed by atoms with Gasteiger partial charge in [-0.3, -0.25) is 15.8 Å². The molecule has 0 radical (unpaired) electrons. The molecule has 0 saturated heterocycles. The molecule has 0 aliphatic rings. The fourth-order valence-electron chi connectivity index (χ4n) is 0. The van der Waals surface area contributed by atoms with Crippen molar-refractivity contribution in [1.82, 2.24) is 5.43 Å². The van der Waals surface area contributed by atoms with E-state index < -0.39 is 10.1 Å². The molecule has 70 valence electrons. The van der Waals surface area contributed by atoms with Crippen LogP contribution in [0.1, 0.15) is 20.8 Å². The first-order valence-corrected chi connectivity index (χ1v) is 4.81. The summed E-state index contributed by atoms with van der Waals surface area (Å²) in [6.45, 7) is 6.02. The summed E-state index contributed by atoms with van der Waals surface area (Å²) in [6, 6.07) is 0. The largest absolute Gasteiger partial charge is 0.286 e. The molecule has 0 aromatic rings. The number of hydrogen-bond donors (Lipinski definition) is 3. The highest BCUT2D eigenvalue weighted by atomic mass is 32.2. The van der Waals surface area contributed by atoms with Crippen LogP contribution < -0.4 is 11.3 Å². The standard InChI is InChI=1S/C4H12N2.CH4O3S/c1-4(2,3)6-5;1-5(2,3)4/h6H,5H2,1-3H3;1H3,(H,2,3,4). The van der Waals surface area contributed by atoms with E-state index in [2.05, 4.69) is 5.43 Å².